The van der Waals surface area contributed by atoms with Crippen LogP contribution in [-0.2, 0) is 4.79 Å². The van der Waals surface area contributed by atoms with Gasteiger partial charge in [0.1, 0.15) is 11.5 Å². The third kappa shape index (κ3) is 3.35. The van der Waals surface area contributed by atoms with Crippen LogP contribution in [-0.4, -0.2) is 13.1 Å². The van der Waals surface area contributed by atoms with Crippen LogP contribution in [0.4, 0.5) is 0 Å². The molecule has 0 N–H and O–H groups in total. The van der Waals surface area contributed by atoms with E-state index >= 15 is 0 Å². The van der Waals surface area contributed by atoms with E-state index < -0.39 is 0 Å². The molecule has 0 saturated carbocycles. The van der Waals surface area contributed by atoms with Gasteiger partial charge < -0.3 is 9.47 Å². The largest absolute Gasteiger partial charge is 0.497 e. The van der Waals surface area contributed by atoms with E-state index in [0.717, 1.165) is 21.3 Å². The van der Waals surface area contributed by atoms with Gasteiger partial charge in [0.15, 0.2) is 0 Å². The van der Waals surface area contributed by atoms with Crippen LogP contribution in [0.15, 0.2) is 46.9 Å². The molecule has 0 radical (unpaired) electrons. The highest BCUT2D eigenvalue weighted by molar-refractivity contribution is 9.10. The maximum atomic E-state index is 10.9. The second-order valence-corrected chi connectivity index (χ2v) is 4.82. The van der Waals surface area contributed by atoms with Gasteiger partial charge in [-0.25, -0.2) is 0 Å². The molecule has 98 valence electrons. The van der Waals surface area contributed by atoms with Crippen LogP contribution in [0.1, 0.15) is 6.92 Å². The summed E-state index contributed by atoms with van der Waals surface area (Å²) < 4.78 is 11.2. The highest BCUT2D eigenvalue weighted by atomic mass is 79.9. The Bertz CT molecular complexity index is 591. The fraction of sp³-hybridized carbons (Fsp3) is 0.133. The zero-order valence-corrected chi connectivity index (χ0v) is 12.2. The molecule has 4 heteroatoms. The second kappa shape index (κ2) is 5.89. The lowest BCUT2D eigenvalue weighted by Gasteiger charge is -2.08. The van der Waals surface area contributed by atoms with Gasteiger partial charge in [-0.05, 0) is 41.5 Å². The third-order valence-corrected chi connectivity index (χ3v) is 3.29. The van der Waals surface area contributed by atoms with Gasteiger partial charge in [0, 0.05) is 11.4 Å². The first-order valence-electron chi connectivity index (χ1n) is 5.72. The minimum absolute atomic E-state index is 0.324. The first-order chi connectivity index (χ1) is 9.10. The fourth-order valence-electron chi connectivity index (χ4n) is 1.72. The summed E-state index contributed by atoms with van der Waals surface area (Å²) in [7, 11) is 1.64. The molecule has 0 aliphatic rings. The number of hydrogen-bond acceptors (Lipinski definition) is 3. The number of carbonyl (C=O) groups excluding carboxylic acids is 1. The topological polar surface area (TPSA) is 35.5 Å². The molecule has 0 fully saturated rings. The minimum Gasteiger partial charge on any atom is -0.497 e. The molecule has 2 aromatic rings. The quantitative estimate of drug-likeness (QED) is 0.632. The lowest BCUT2D eigenvalue weighted by atomic mass is 10.1. The zero-order chi connectivity index (χ0) is 13.8. The van der Waals surface area contributed by atoms with E-state index in [9.17, 15) is 4.79 Å². The average molecular weight is 321 g/mol. The summed E-state index contributed by atoms with van der Waals surface area (Å²) in [5.41, 5.74) is 2.04. The van der Waals surface area contributed by atoms with Crippen molar-refractivity contribution in [1.82, 2.24) is 0 Å². The van der Waals surface area contributed by atoms with Crippen molar-refractivity contribution in [3.8, 4) is 22.6 Å². The third-order valence-electron chi connectivity index (χ3n) is 2.60. The Kier molecular flexibility index (Phi) is 4.22. The van der Waals surface area contributed by atoms with Gasteiger partial charge in [0.25, 0.3) is 0 Å². The van der Waals surface area contributed by atoms with E-state index in [1.165, 1.54) is 6.92 Å². The van der Waals surface area contributed by atoms with Crippen molar-refractivity contribution < 1.29 is 14.3 Å². The Hall–Kier alpha value is -1.81. The first kappa shape index (κ1) is 13.6. The molecule has 0 spiro atoms. The number of methoxy groups -OCH3 is 1. The van der Waals surface area contributed by atoms with Crippen LogP contribution in [0.2, 0.25) is 0 Å². The molecule has 0 aromatic heterocycles. The standard InChI is InChI=1S/C15H13BrO3/c1-10(17)19-12-5-3-11(4-6-12)14-9-13(18-2)7-8-15(14)16/h3-9H,1-2H3. The predicted molar refractivity (Wildman–Crippen MR) is 77.4 cm³/mol. The van der Waals surface area contributed by atoms with Crippen molar-refractivity contribution >= 4 is 21.9 Å². The molecule has 19 heavy (non-hydrogen) atoms. The van der Waals surface area contributed by atoms with Gasteiger partial charge >= 0.3 is 5.97 Å². The number of hydrogen-bond donors (Lipinski definition) is 0. The lowest BCUT2D eigenvalue weighted by Crippen LogP contribution is -2.00. The molecule has 2 rings (SSSR count). The number of halogens is 1. The molecule has 0 bridgehead atoms. The molecule has 0 amide bonds. The number of carbonyl (C=O) groups is 1. The van der Waals surface area contributed by atoms with E-state index in [4.69, 9.17) is 9.47 Å². The van der Waals surface area contributed by atoms with Gasteiger partial charge in [0.05, 0.1) is 7.11 Å². The van der Waals surface area contributed by atoms with E-state index in [1.54, 1.807) is 19.2 Å². The van der Waals surface area contributed by atoms with Crippen LogP contribution in [0.3, 0.4) is 0 Å². The Morgan fingerprint density at radius 2 is 1.68 bits per heavy atom. The van der Waals surface area contributed by atoms with Gasteiger partial charge in [0.2, 0.25) is 0 Å². The molecule has 0 heterocycles. The highest BCUT2D eigenvalue weighted by Gasteiger charge is 2.06. The monoisotopic (exact) mass is 320 g/mol. The maximum Gasteiger partial charge on any atom is 0.308 e. The molecule has 0 unspecified atom stereocenters. The van der Waals surface area contributed by atoms with Crippen molar-refractivity contribution in [2.24, 2.45) is 0 Å². The number of esters is 1. The summed E-state index contributed by atoms with van der Waals surface area (Å²) in [5.74, 6) is 1.01. The molecule has 0 saturated heterocycles. The molecule has 0 aliphatic carbocycles. The van der Waals surface area contributed by atoms with Crippen molar-refractivity contribution in [2.45, 2.75) is 6.92 Å². The first-order valence-corrected chi connectivity index (χ1v) is 6.52. The Labute approximate surface area is 120 Å². The van der Waals surface area contributed by atoms with Crippen LogP contribution < -0.4 is 9.47 Å². The van der Waals surface area contributed by atoms with E-state index in [2.05, 4.69) is 15.9 Å². The number of rotatable bonds is 3. The van der Waals surface area contributed by atoms with Crippen LogP contribution >= 0.6 is 15.9 Å². The summed E-state index contributed by atoms with van der Waals surface area (Å²) in [6.45, 7) is 1.38. The van der Waals surface area contributed by atoms with Crippen LogP contribution in [0.5, 0.6) is 11.5 Å². The second-order valence-electron chi connectivity index (χ2n) is 3.96. The molecule has 0 aliphatic heterocycles. The molecule has 2 aromatic carbocycles. The zero-order valence-electron chi connectivity index (χ0n) is 10.6. The number of ether oxygens (including phenoxy) is 2. The van der Waals surface area contributed by atoms with E-state index in [1.807, 2.05) is 30.3 Å². The van der Waals surface area contributed by atoms with Gasteiger partial charge in [-0.15, -0.1) is 0 Å². The molecule has 3 nitrogen and oxygen atoms in total. The summed E-state index contributed by atoms with van der Waals surface area (Å²) in [5, 5.41) is 0. The van der Waals surface area contributed by atoms with Crippen molar-refractivity contribution in [1.29, 1.82) is 0 Å². The fourth-order valence-corrected chi connectivity index (χ4v) is 2.20. The Balaban J connectivity index is 2.34. The minimum atomic E-state index is -0.324. The van der Waals surface area contributed by atoms with E-state index in [-0.39, 0.29) is 5.97 Å². The summed E-state index contributed by atoms with van der Waals surface area (Å²) in [6.07, 6.45) is 0. The van der Waals surface area contributed by atoms with Crippen LogP contribution in [0.25, 0.3) is 11.1 Å². The van der Waals surface area contributed by atoms with Crippen molar-refractivity contribution in [2.75, 3.05) is 7.11 Å². The van der Waals surface area contributed by atoms with E-state index in [0.29, 0.717) is 5.75 Å². The van der Waals surface area contributed by atoms with Gasteiger partial charge in [-0.3, -0.25) is 4.79 Å². The molecular weight excluding hydrogens is 308 g/mol. The maximum absolute atomic E-state index is 10.9. The average Bonchev–Trinajstić information content (AvgIpc) is 2.40. The van der Waals surface area contributed by atoms with Crippen LogP contribution in [0, 0.1) is 0 Å². The van der Waals surface area contributed by atoms with Gasteiger partial charge in [-0.1, -0.05) is 28.1 Å². The smallest absolute Gasteiger partial charge is 0.308 e. The summed E-state index contributed by atoms with van der Waals surface area (Å²) in [6, 6.07) is 13.1. The van der Waals surface area contributed by atoms with Crippen molar-refractivity contribution in [3.05, 3.63) is 46.9 Å². The molecule has 0 atom stereocenters. The SMILES string of the molecule is COc1ccc(Br)c(-c2ccc(OC(C)=O)cc2)c1. The number of benzene rings is 2. The lowest BCUT2D eigenvalue weighted by molar-refractivity contribution is -0.131. The summed E-state index contributed by atoms with van der Waals surface area (Å²) >= 11 is 3.51. The molecular formula is C15H13BrO3. The predicted octanol–water partition coefficient (Wildman–Crippen LogP) is 4.05. The van der Waals surface area contributed by atoms with Crippen molar-refractivity contribution in [3.63, 3.8) is 0 Å². The highest BCUT2D eigenvalue weighted by Crippen LogP contribution is 2.32. The summed E-state index contributed by atoms with van der Waals surface area (Å²) in [4.78, 5) is 10.9. The Morgan fingerprint density at radius 3 is 2.26 bits per heavy atom. The Morgan fingerprint density at radius 1 is 1.05 bits per heavy atom. The normalized spacial score (nSPS) is 10.1. The van der Waals surface area contributed by atoms with Gasteiger partial charge in [-0.2, -0.15) is 0 Å².